The van der Waals surface area contributed by atoms with Crippen LogP contribution in [0.2, 0.25) is 0 Å². The average molecular weight is 203 g/mol. The second kappa shape index (κ2) is 3.69. The summed E-state index contributed by atoms with van der Waals surface area (Å²) in [4.78, 5) is 13.7. The van der Waals surface area contributed by atoms with Crippen molar-refractivity contribution in [1.82, 2.24) is 4.98 Å². The van der Waals surface area contributed by atoms with E-state index in [1.165, 1.54) is 12.1 Å². The predicted octanol–water partition coefficient (Wildman–Crippen LogP) is 2.94. The van der Waals surface area contributed by atoms with E-state index in [2.05, 4.69) is 4.98 Å². The second-order valence-electron chi connectivity index (χ2n) is 3.41. The highest BCUT2D eigenvalue weighted by molar-refractivity contribution is 5.86. The average Bonchev–Trinajstić information content (AvgIpc) is 2.59. The van der Waals surface area contributed by atoms with Gasteiger partial charge in [0.1, 0.15) is 5.82 Å². The summed E-state index contributed by atoms with van der Waals surface area (Å²) in [5, 5.41) is 0. The Kier molecular flexibility index (Phi) is 2.37. The fourth-order valence-corrected chi connectivity index (χ4v) is 1.60. The molecule has 0 amide bonds. The van der Waals surface area contributed by atoms with Crippen molar-refractivity contribution in [3.63, 3.8) is 0 Å². The van der Waals surface area contributed by atoms with Crippen molar-refractivity contribution in [3.05, 3.63) is 47.5 Å². The molecular formula is C12H10FNO. The smallest absolute Gasteiger partial charge is 0.166 e. The van der Waals surface area contributed by atoms with Crippen molar-refractivity contribution in [3.8, 4) is 11.1 Å². The van der Waals surface area contributed by atoms with Crippen molar-refractivity contribution in [2.75, 3.05) is 0 Å². The first kappa shape index (κ1) is 9.65. The summed E-state index contributed by atoms with van der Waals surface area (Å²) in [6, 6.07) is 8.03. The molecule has 0 unspecified atom stereocenters. The molecule has 0 bridgehead atoms. The van der Waals surface area contributed by atoms with Gasteiger partial charge in [-0.05, 0) is 30.7 Å². The molecule has 0 aliphatic carbocycles. The number of halogens is 1. The Hall–Kier alpha value is -1.90. The summed E-state index contributed by atoms with van der Waals surface area (Å²) in [5.74, 6) is -0.303. The van der Waals surface area contributed by atoms with E-state index in [9.17, 15) is 9.18 Å². The van der Waals surface area contributed by atoms with Crippen LogP contribution in [0.5, 0.6) is 0 Å². The molecule has 1 N–H and O–H groups in total. The molecule has 3 heteroatoms. The van der Waals surface area contributed by atoms with Gasteiger partial charge < -0.3 is 4.98 Å². The van der Waals surface area contributed by atoms with Gasteiger partial charge in [-0.15, -0.1) is 0 Å². The minimum absolute atomic E-state index is 0.303. The van der Waals surface area contributed by atoms with Crippen molar-refractivity contribution >= 4 is 6.29 Å². The molecule has 0 aliphatic rings. The Morgan fingerprint density at radius 3 is 2.80 bits per heavy atom. The maximum absolute atomic E-state index is 13.0. The van der Waals surface area contributed by atoms with Crippen molar-refractivity contribution in [2.24, 2.45) is 0 Å². The van der Waals surface area contributed by atoms with Gasteiger partial charge >= 0.3 is 0 Å². The Bertz CT molecular complexity index is 502. The zero-order chi connectivity index (χ0) is 10.8. The normalized spacial score (nSPS) is 10.3. The van der Waals surface area contributed by atoms with Crippen LogP contribution in [0.3, 0.4) is 0 Å². The number of carbonyl (C=O) groups excluding carboxylic acids is 1. The highest BCUT2D eigenvalue weighted by atomic mass is 19.1. The molecule has 2 nitrogen and oxygen atoms in total. The predicted molar refractivity (Wildman–Crippen MR) is 56.3 cm³/mol. The molecule has 1 aromatic heterocycles. The van der Waals surface area contributed by atoms with E-state index in [0.29, 0.717) is 11.3 Å². The Morgan fingerprint density at radius 2 is 2.13 bits per heavy atom. The maximum atomic E-state index is 13.0. The number of aromatic nitrogens is 1. The van der Waals surface area contributed by atoms with Crippen molar-refractivity contribution in [1.29, 1.82) is 0 Å². The van der Waals surface area contributed by atoms with Gasteiger partial charge in [0.05, 0.1) is 5.69 Å². The molecular weight excluding hydrogens is 193 g/mol. The van der Waals surface area contributed by atoms with Crippen LogP contribution in [-0.4, -0.2) is 11.3 Å². The third kappa shape index (κ3) is 1.81. The molecule has 0 fully saturated rings. The van der Waals surface area contributed by atoms with Gasteiger partial charge in [-0.25, -0.2) is 4.39 Å². The van der Waals surface area contributed by atoms with Crippen LogP contribution < -0.4 is 0 Å². The number of aldehydes is 1. The summed E-state index contributed by atoms with van der Waals surface area (Å²) >= 11 is 0. The van der Waals surface area contributed by atoms with Gasteiger partial charge in [-0.1, -0.05) is 12.1 Å². The van der Waals surface area contributed by atoms with Crippen LogP contribution in [-0.2, 0) is 0 Å². The molecule has 0 radical (unpaired) electrons. The summed E-state index contributed by atoms with van der Waals surface area (Å²) in [6.07, 6.45) is 0.743. The fourth-order valence-electron chi connectivity index (χ4n) is 1.60. The lowest BCUT2D eigenvalue weighted by atomic mass is 10.1. The van der Waals surface area contributed by atoms with E-state index in [4.69, 9.17) is 0 Å². The lowest BCUT2D eigenvalue weighted by Crippen LogP contribution is -1.85. The molecule has 0 saturated heterocycles. The van der Waals surface area contributed by atoms with E-state index < -0.39 is 0 Å². The number of H-pyrrole nitrogens is 1. The first-order valence-corrected chi connectivity index (χ1v) is 4.61. The van der Waals surface area contributed by atoms with Gasteiger partial charge in [-0.2, -0.15) is 0 Å². The fraction of sp³-hybridized carbons (Fsp3) is 0.0833. The first-order chi connectivity index (χ1) is 7.20. The van der Waals surface area contributed by atoms with E-state index in [1.54, 1.807) is 12.1 Å². The van der Waals surface area contributed by atoms with E-state index in [1.807, 2.05) is 13.0 Å². The summed E-state index contributed by atoms with van der Waals surface area (Å²) < 4.78 is 13.0. The summed E-state index contributed by atoms with van der Waals surface area (Å²) in [6.45, 7) is 1.86. The molecule has 1 heterocycles. The van der Waals surface area contributed by atoms with Crippen LogP contribution in [0, 0.1) is 12.7 Å². The number of aryl methyl sites for hydroxylation is 1. The van der Waals surface area contributed by atoms with Gasteiger partial charge in [0.25, 0.3) is 0 Å². The number of rotatable bonds is 2. The summed E-state index contributed by atoms with van der Waals surface area (Å²) in [7, 11) is 0. The van der Waals surface area contributed by atoms with E-state index in [-0.39, 0.29) is 5.82 Å². The zero-order valence-electron chi connectivity index (χ0n) is 8.25. The minimum Gasteiger partial charge on any atom is -0.356 e. The highest BCUT2D eigenvalue weighted by Gasteiger charge is 2.07. The zero-order valence-corrected chi connectivity index (χ0v) is 8.25. The van der Waals surface area contributed by atoms with Crippen LogP contribution in [0.4, 0.5) is 4.39 Å². The van der Waals surface area contributed by atoms with Gasteiger partial charge in [0.2, 0.25) is 0 Å². The number of hydrogen-bond donors (Lipinski definition) is 1. The SMILES string of the molecule is Cc1cc(-c2cccc(F)c2)c(C=O)[nH]1. The summed E-state index contributed by atoms with van der Waals surface area (Å²) in [5.41, 5.74) is 2.82. The Balaban J connectivity index is 2.57. The molecule has 0 saturated carbocycles. The lowest BCUT2D eigenvalue weighted by Gasteiger charge is -1.98. The van der Waals surface area contributed by atoms with E-state index >= 15 is 0 Å². The van der Waals surface area contributed by atoms with Crippen molar-refractivity contribution in [2.45, 2.75) is 6.92 Å². The Morgan fingerprint density at radius 1 is 1.33 bits per heavy atom. The minimum atomic E-state index is -0.303. The van der Waals surface area contributed by atoms with Gasteiger partial charge in [0.15, 0.2) is 6.29 Å². The number of hydrogen-bond acceptors (Lipinski definition) is 1. The van der Waals surface area contributed by atoms with Gasteiger partial charge in [-0.3, -0.25) is 4.79 Å². The third-order valence-corrected chi connectivity index (χ3v) is 2.24. The molecule has 76 valence electrons. The standard InChI is InChI=1S/C12H10FNO/c1-8-5-11(12(7-15)14-8)9-3-2-4-10(13)6-9/h2-7,14H,1H3. The molecule has 15 heavy (non-hydrogen) atoms. The molecule has 1 aromatic carbocycles. The molecule has 2 aromatic rings. The first-order valence-electron chi connectivity index (χ1n) is 4.61. The topological polar surface area (TPSA) is 32.9 Å². The van der Waals surface area contributed by atoms with Crippen LogP contribution >= 0.6 is 0 Å². The maximum Gasteiger partial charge on any atom is 0.166 e. The third-order valence-electron chi connectivity index (χ3n) is 2.24. The van der Waals surface area contributed by atoms with E-state index in [0.717, 1.165) is 17.5 Å². The quantitative estimate of drug-likeness (QED) is 0.748. The molecule has 0 spiro atoms. The molecule has 0 aliphatic heterocycles. The molecule has 0 atom stereocenters. The largest absolute Gasteiger partial charge is 0.356 e. The van der Waals surface area contributed by atoms with Crippen molar-refractivity contribution < 1.29 is 9.18 Å². The monoisotopic (exact) mass is 203 g/mol. The number of aromatic amines is 1. The number of nitrogens with one attached hydrogen (secondary N) is 1. The number of carbonyl (C=O) groups is 1. The molecule has 2 rings (SSSR count). The van der Waals surface area contributed by atoms with Crippen LogP contribution in [0.15, 0.2) is 30.3 Å². The van der Waals surface area contributed by atoms with Gasteiger partial charge in [0, 0.05) is 11.3 Å². The van der Waals surface area contributed by atoms with Crippen LogP contribution in [0.25, 0.3) is 11.1 Å². The Labute approximate surface area is 86.8 Å². The second-order valence-corrected chi connectivity index (χ2v) is 3.41. The number of benzene rings is 1. The highest BCUT2D eigenvalue weighted by Crippen LogP contribution is 2.24. The van der Waals surface area contributed by atoms with Crippen LogP contribution in [0.1, 0.15) is 16.2 Å². The lowest BCUT2D eigenvalue weighted by molar-refractivity contribution is 0.112.